The molecule has 0 radical (unpaired) electrons. The first kappa shape index (κ1) is 13.6. The molecule has 1 aromatic rings. The summed E-state index contributed by atoms with van der Waals surface area (Å²) in [7, 11) is 0. The topological polar surface area (TPSA) is 77.2 Å². The second kappa shape index (κ2) is 6.34. The molecule has 6 nitrogen and oxygen atoms in total. The molecule has 0 saturated carbocycles. The summed E-state index contributed by atoms with van der Waals surface area (Å²) in [5.74, 6) is -0.420. The van der Waals surface area contributed by atoms with E-state index in [9.17, 15) is 4.79 Å². The van der Waals surface area contributed by atoms with Crippen LogP contribution in [0.15, 0.2) is 0 Å². The van der Waals surface area contributed by atoms with E-state index in [1.54, 1.807) is 11.6 Å². The SMILES string of the molecule is Cc1c(C(=O)O)nnn1CCOCCC(C)C. The van der Waals surface area contributed by atoms with Gasteiger partial charge in [0, 0.05) is 6.61 Å². The molecule has 96 valence electrons. The molecule has 0 bridgehead atoms. The fraction of sp³-hybridized carbons (Fsp3) is 0.727. The predicted octanol–water partition coefficient (Wildman–Crippen LogP) is 1.35. The largest absolute Gasteiger partial charge is 0.476 e. The van der Waals surface area contributed by atoms with Crippen molar-refractivity contribution in [3.8, 4) is 0 Å². The van der Waals surface area contributed by atoms with Crippen molar-refractivity contribution in [1.29, 1.82) is 0 Å². The number of carbonyl (C=O) groups is 1. The lowest BCUT2D eigenvalue weighted by atomic mass is 10.1. The Bertz CT molecular complexity index is 374. The Hall–Kier alpha value is -1.43. The van der Waals surface area contributed by atoms with Gasteiger partial charge in [-0.15, -0.1) is 5.10 Å². The summed E-state index contributed by atoms with van der Waals surface area (Å²) in [5, 5.41) is 16.2. The monoisotopic (exact) mass is 241 g/mol. The van der Waals surface area contributed by atoms with Gasteiger partial charge in [-0.1, -0.05) is 19.1 Å². The van der Waals surface area contributed by atoms with Gasteiger partial charge in [0.15, 0.2) is 5.69 Å². The van der Waals surface area contributed by atoms with Crippen molar-refractivity contribution >= 4 is 5.97 Å². The lowest BCUT2D eigenvalue weighted by Crippen LogP contribution is -2.11. The highest BCUT2D eigenvalue weighted by Gasteiger charge is 2.14. The molecule has 0 aliphatic rings. The van der Waals surface area contributed by atoms with Crippen LogP contribution in [0.1, 0.15) is 36.5 Å². The van der Waals surface area contributed by atoms with Crippen LogP contribution in [-0.4, -0.2) is 39.3 Å². The molecular formula is C11H19N3O3. The molecule has 0 saturated heterocycles. The van der Waals surface area contributed by atoms with Crippen molar-refractivity contribution in [3.63, 3.8) is 0 Å². The lowest BCUT2D eigenvalue weighted by Gasteiger charge is -2.07. The Morgan fingerprint density at radius 3 is 2.71 bits per heavy atom. The molecule has 0 unspecified atom stereocenters. The maximum Gasteiger partial charge on any atom is 0.358 e. The Morgan fingerprint density at radius 1 is 1.47 bits per heavy atom. The van der Waals surface area contributed by atoms with Crippen LogP contribution in [0.3, 0.4) is 0 Å². The minimum atomic E-state index is -1.05. The Morgan fingerprint density at radius 2 is 2.18 bits per heavy atom. The van der Waals surface area contributed by atoms with E-state index in [1.807, 2.05) is 0 Å². The molecule has 17 heavy (non-hydrogen) atoms. The van der Waals surface area contributed by atoms with E-state index < -0.39 is 5.97 Å². The smallest absolute Gasteiger partial charge is 0.358 e. The van der Waals surface area contributed by atoms with Crippen LogP contribution >= 0.6 is 0 Å². The minimum absolute atomic E-state index is 0.00665. The fourth-order valence-electron chi connectivity index (χ4n) is 1.34. The highest BCUT2D eigenvalue weighted by Crippen LogP contribution is 2.03. The highest BCUT2D eigenvalue weighted by atomic mass is 16.5. The molecule has 1 heterocycles. The van der Waals surface area contributed by atoms with Gasteiger partial charge in [0.25, 0.3) is 0 Å². The third kappa shape index (κ3) is 4.14. The number of carboxylic acids is 1. The van der Waals surface area contributed by atoms with Crippen LogP contribution < -0.4 is 0 Å². The van der Waals surface area contributed by atoms with Crippen LogP contribution in [0.25, 0.3) is 0 Å². The van der Waals surface area contributed by atoms with Crippen molar-refractivity contribution in [2.75, 3.05) is 13.2 Å². The van der Waals surface area contributed by atoms with Gasteiger partial charge in [-0.3, -0.25) is 0 Å². The molecule has 0 aliphatic carbocycles. The Balaban J connectivity index is 2.35. The van der Waals surface area contributed by atoms with Gasteiger partial charge in [0.05, 0.1) is 18.8 Å². The van der Waals surface area contributed by atoms with Gasteiger partial charge in [0.2, 0.25) is 0 Å². The van der Waals surface area contributed by atoms with Crippen molar-refractivity contribution in [2.24, 2.45) is 5.92 Å². The first-order valence-corrected chi connectivity index (χ1v) is 5.73. The summed E-state index contributed by atoms with van der Waals surface area (Å²) in [6, 6.07) is 0. The number of ether oxygens (including phenoxy) is 1. The van der Waals surface area contributed by atoms with E-state index in [2.05, 4.69) is 24.2 Å². The summed E-state index contributed by atoms with van der Waals surface area (Å²) in [5.41, 5.74) is 0.567. The lowest BCUT2D eigenvalue weighted by molar-refractivity contribution is 0.0689. The average molecular weight is 241 g/mol. The number of rotatable bonds is 7. The van der Waals surface area contributed by atoms with Crippen LogP contribution in [0.2, 0.25) is 0 Å². The normalized spacial score (nSPS) is 11.1. The molecule has 0 fully saturated rings. The highest BCUT2D eigenvalue weighted by molar-refractivity contribution is 5.86. The molecular weight excluding hydrogens is 222 g/mol. The van der Waals surface area contributed by atoms with E-state index in [0.717, 1.165) is 13.0 Å². The third-order valence-electron chi connectivity index (χ3n) is 2.47. The fourth-order valence-corrected chi connectivity index (χ4v) is 1.34. The van der Waals surface area contributed by atoms with E-state index in [4.69, 9.17) is 9.84 Å². The van der Waals surface area contributed by atoms with Gasteiger partial charge >= 0.3 is 5.97 Å². The van der Waals surface area contributed by atoms with E-state index in [0.29, 0.717) is 24.8 Å². The molecule has 1 aromatic heterocycles. The van der Waals surface area contributed by atoms with Crippen molar-refractivity contribution in [1.82, 2.24) is 15.0 Å². The summed E-state index contributed by atoms with van der Waals surface area (Å²) in [4.78, 5) is 10.7. The standard InChI is InChI=1S/C11H19N3O3/c1-8(2)4-6-17-7-5-14-9(3)10(11(15)16)12-13-14/h8H,4-7H2,1-3H3,(H,15,16). The molecule has 0 atom stereocenters. The van der Waals surface area contributed by atoms with E-state index in [-0.39, 0.29) is 5.69 Å². The van der Waals surface area contributed by atoms with E-state index >= 15 is 0 Å². The van der Waals surface area contributed by atoms with Gasteiger partial charge in [-0.05, 0) is 19.3 Å². The average Bonchev–Trinajstić information content (AvgIpc) is 2.59. The summed E-state index contributed by atoms with van der Waals surface area (Å²) in [6.45, 7) is 7.75. The van der Waals surface area contributed by atoms with Gasteiger partial charge in [0.1, 0.15) is 0 Å². The molecule has 1 rings (SSSR count). The molecule has 0 amide bonds. The number of aromatic nitrogens is 3. The molecule has 1 N–H and O–H groups in total. The van der Waals surface area contributed by atoms with Crippen molar-refractivity contribution < 1.29 is 14.6 Å². The minimum Gasteiger partial charge on any atom is -0.476 e. The van der Waals surface area contributed by atoms with Crippen LogP contribution in [0, 0.1) is 12.8 Å². The molecule has 0 spiro atoms. The first-order valence-electron chi connectivity index (χ1n) is 5.73. The summed E-state index contributed by atoms with van der Waals surface area (Å²) in [6.07, 6.45) is 1.02. The first-order chi connectivity index (χ1) is 8.02. The zero-order valence-electron chi connectivity index (χ0n) is 10.5. The van der Waals surface area contributed by atoms with Crippen LogP contribution in [0.4, 0.5) is 0 Å². The van der Waals surface area contributed by atoms with Gasteiger partial charge < -0.3 is 9.84 Å². The molecule has 6 heteroatoms. The second-order valence-electron chi connectivity index (χ2n) is 4.35. The number of hydrogen-bond acceptors (Lipinski definition) is 4. The Labute approximate surface area is 101 Å². The van der Waals surface area contributed by atoms with Crippen LogP contribution in [-0.2, 0) is 11.3 Å². The third-order valence-corrected chi connectivity index (χ3v) is 2.47. The van der Waals surface area contributed by atoms with E-state index in [1.165, 1.54) is 0 Å². The second-order valence-corrected chi connectivity index (χ2v) is 4.35. The van der Waals surface area contributed by atoms with Crippen molar-refractivity contribution in [2.45, 2.75) is 33.7 Å². The van der Waals surface area contributed by atoms with Crippen LogP contribution in [0.5, 0.6) is 0 Å². The van der Waals surface area contributed by atoms with Crippen molar-refractivity contribution in [3.05, 3.63) is 11.4 Å². The maximum atomic E-state index is 10.7. The summed E-state index contributed by atoms with van der Waals surface area (Å²) < 4.78 is 6.99. The predicted molar refractivity (Wildman–Crippen MR) is 62.0 cm³/mol. The molecule has 0 aromatic carbocycles. The summed E-state index contributed by atoms with van der Waals surface area (Å²) >= 11 is 0. The zero-order chi connectivity index (χ0) is 12.8. The Kier molecular flexibility index (Phi) is 5.09. The molecule has 0 aliphatic heterocycles. The van der Waals surface area contributed by atoms with Gasteiger partial charge in [-0.2, -0.15) is 0 Å². The van der Waals surface area contributed by atoms with Gasteiger partial charge in [-0.25, -0.2) is 9.48 Å². The number of carboxylic acid groups (broad SMARTS) is 1. The zero-order valence-corrected chi connectivity index (χ0v) is 10.5. The number of aromatic carboxylic acids is 1. The quantitative estimate of drug-likeness (QED) is 0.729. The number of nitrogens with zero attached hydrogens (tertiary/aromatic N) is 3. The number of hydrogen-bond donors (Lipinski definition) is 1. The maximum absolute atomic E-state index is 10.7.